The zero-order valence-corrected chi connectivity index (χ0v) is 14.7. The Morgan fingerprint density at radius 1 is 1.09 bits per heavy atom. The second-order valence-electron chi connectivity index (χ2n) is 7.86. The van der Waals surface area contributed by atoms with E-state index in [0.717, 1.165) is 25.9 Å². The molecular weight excluding hydrogens is 278 g/mol. The third-order valence-corrected chi connectivity index (χ3v) is 4.64. The van der Waals surface area contributed by atoms with E-state index >= 15 is 0 Å². The highest BCUT2D eigenvalue weighted by molar-refractivity contribution is 5.68. The maximum Gasteiger partial charge on any atom is 0.407 e. The lowest BCUT2D eigenvalue weighted by Crippen LogP contribution is -2.47. The summed E-state index contributed by atoms with van der Waals surface area (Å²) in [5, 5.41) is 3.07. The van der Waals surface area contributed by atoms with Crippen LogP contribution in [0.3, 0.4) is 0 Å². The first-order valence-corrected chi connectivity index (χ1v) is 8.75. The molecule has 2 aliphatic rings. The van der Waals surface area contributed by atoms with Crippen LogP contribution in [0.1, 0.15) is 52.9 Å². The molecule has 2 fully saturated rings. The molecule has 128 valence electrons. The van der Waals surface area contributed by atoms with Crippen molar-refractivity contribution in [3.8, 4) is 0 Å². The summed E-state index contributed by atoms with van der Waals surface area (Å²) in [5.74, 6) is 0. The van der Waals surface area contributed by atoms with Gasteiger partial charge in [-0.2, -0.15) is 0 Å². The van der Waals surface area contributed by atoms with Crippen LogP contribution in [0.15, 0.2) is 0 Å². The number of nitrogens with one attached hydrogen (secondary N) is 1. The Morgan fingerprint density at radius 2 is 1.86 bits per heavy atom. The Balaban J connectivity index is 1.82. The van der Waals surface area contributed by atoms with Gasteiger partial charge in [0.1, 0.15) is 5.60 Å². The van der Waals surface area contributed by atoms with E-state index in [4.69, 9.17) is 4.74 Å². The van der Waals surface area contributed by atoms with Gasteiger partial charge in [0, 0.05) is 25.2 Å². The molecule has 1 amide bonds. The molecule has 1 saturated heterocycles. The highest BCUT2D eigenvalue weighted by atomic mass is 16.6. The summed E-state index contributed by atoms with van der Waals surface area (Å²) < 4.78 is 5.38. The maximum atomic E-state index is 12.0. The van der Waals surface area contributed by atoms with Crippen molar-refractivity contribution in [3.63, 3.8) is 0 Å². The number of ether oxygens (including phenoxy) is 1. The van der Waals surface area contributed by atoms with Crippen molar-refractivity contribution in [1.29, 1.82) is 0 Å². The Morgan fingerprint density at radius 3 is 2.59 bits per heavy atom. The molecular formula is C17H33N3O2. The first-order valence-electron chi connectivity index (χ1n) is 8.75. The second-order valence-corrected chi connectivity index (χ2v) is 7.86. The standard InChI is InChI=1S/C17H33N3O2/c1-17(2,3)22-16(21)18-14-7-5-8-15(13-14)20-10-6-9-19(4)11-12-20/h14-15H,5-13H2,1-4H3,(H,18,21)/t14-,15+/m1/s1. The molecule has 5 nitrogen and oxygen atoms in total. The topological polar surface area (TPSA) is 44.8 Å². The van der Waals surface area contributed by atoms with Crippen molar-refractivity contribution >= 4 is 6.09 Å². The van der Waals surface area contributed by atoms with Gasteiger partial charge >= 0.3 is 6.09 Å². The van der Waals surface area contributed by atoms with E-state index in [0.29, 0.717) is 6.04 Å². The van der Waals surface area contributed by atoms with Gasteiger partial charge in [-0.1, -0.05) is 0 Å². The van der Waals surface area contributed by atoms with Crippen molar-refractivity contribution in [2.75, 3.05) is 33.2 Å². The SMILES string of the molecule is CN1CCCN([C@H]2CCC[C@@H](NC(=O)OC(C)(C)C)C2)CC1. The number of hydrogen-bond donors (Lipinski definition) is 1. The predicted octanol–water partition coefficient (Wildman–Crippen LogP) is 2.46. The molecule has 22 heavy (non-hydrogen) atoms. The van der Waals surface area contributed by atoms with E-state index in [1.54, 1.807) is 0 Å². The van der Waals surface area contributed by atoms with E-state index in [1.165, 1.54) is 32.4 Å². The second kappa shape index (κ2) is 7.64. The summed E-state index contributed by atoms with van der Waals surface area (Å²) >= 11 is 0. The van der Waals surface area contributed by atoms with Gasteiger partial charge in [0.25, 0.3) is 0 Å². The van der Waals surface area contributed by atoms with Gasteiger partial charge in [0.15, 0.2) is 0 Å². The molecule has 0 bridgehead atoms. The fourth-order valence-electron chi connectivity index (χ4n) is 3.53. The number of carbonyl (C=O) groups is 1. The molecule has 0 aromatic rings. The fraction of sp³-hybridized carbons (Fsp3) is 0.941. The monoisotopic (exact) mass is 311 g/mol. The molecule has 1 N–H and O–H groups in total. The van der Waals surface area contributed by atoms with Crippen LogP contribution in [0.2, 0.25) is 0 Å². The average Bonchev–Trinajstić information content (AvgIpc) is 2.61. The lowest BCUT2D eigenvalue weighted by atomic mass is 9.90. The molecule has 0 aromatic carbocycles. The number of amides is 1. The molecule has 0 aromatic heterocycles. The predicted molar refractivity (Wildman–Crippen MR) is 89.1 cm³/mol. The van der Waals surface area contributed by atoms with Gasteiger partial charge in [0.05, 0.1) is 0 Å². The van der Waals surface area contributed by atoms with E-state index in [1.807, 2.05) is 20.8 Å². The highest BCUT2D eigenvalue weighted by Crippen LogP contribution is 2.24. The first-order chi connectivity index (χ1) is 10.3. The lowest BCUT2D eigenvalue weighted by Gasteiger charge is -2.37. The van der Waals surface area contributed by atoms with Gasteiger partial charge in [-0.15, -0.1) is 0 Å². The van der Waals surface area contributed by atoms with Crippen LogP contribution in [0.25, 0.3) is 0 Å². The van der Waals surface area contributed by atoms with Crippen molar-refractivity contribution in [2.45, 2.75) is 70.6 Å². The van der Waals surface area contributed by atoms with Gasteiger partial charge in [-0.05, 0) is 73.0 Å². The normalized spacial score (nSPS) is 28.9. The molecule has 1 heterocycles. The minimum Gasteiger partial charge on any atom is -0.444 e. The smallest absolute Gasteiger partial charge is 0.407 e. The third-order valence-electron chi connectivity index (χ3n) is 4.64. The summed E-state index contributed by atoms with van der Waals surface area (Å²) in [4.78, 5) is 17.0. The number of hydrogen-bond acceptors (Lipinski definition) is 4. The van der Waals surface area contributed by atoms with Gasteiger partial charge in [0.2, 0.25) is 0 Å². The number of nitrogens with zero attached hydrogens (tertiary/aromatic N) is 2. The van der Waals surface area contributed by atoms with Crippen molar-refractivity contribution in [3.05, 3.63) is 0 Å². The molecule has 2 rings (SSSR count). The van der Waals surface area contributed by atoms with Gasteiger partial charge < -0.3 is 15.0 Å². The third kappa shape index (κ3) is 5.76. The van der Waals surface area contributed by atoms with Crippen LogP contribution >= 0.6 is 0 Å². The zero-order chi connectivity index (χ0) is 16.2. The van der Waals surface area contributed by atoms with Crippen molar-refractivity contribution in [1.82, 2.24) is 15.1 Å². The van der Waals surface area contributed by atoms with Gasteiger partial charge in [-0.3, -0.25) is 4.90 Å². The lowest BCUT2D eigenvalue weighted by molar-refractivity contribution is 0.0470. The van der Waals surface area contributed by atoms with Crippen molar-refractivity contribution in [2.24, 2.45) is 0 Å². The summed E-state index contributed by atoms with van der Waals surface area (Å²) in [6.45, 7) is 10.4. The molecule has 1 saturated carbocycles. The zero-order valence-electron chi connectivity index (χ0n) is 14.7. The van der Waals surface area contributed by atoms with Crippen LogP contribution in [-0.2, 0) is 4.74 Å². The molecule has 2 atom stereocenters. The molecule has 0 unspecified atom stereocenters. The number of alkyl carbamates (subject to hydrolysis) is 1. The first kappa shape index (κ1) is 17.5. The average molecular weight is 311 g/mol. The molecule has 1 aliphatic heterocycles. The molecule has 1 aliphatic carbocycles. The Bertz CT molecular complexity index is 367. The fourth-order valence-corrected chi connectivity index (χ4v) is 3.53. The van der Waals surface area contributed by atoms with Crippen LogP contribution in [-0.4, -0.2) is 66.8 Å². The van der Waals surface area contributed by atoms with Crippen molar-refractivity contribution < 1.29 is 9.53 Å². The van der Waals surface area contributed by atoms with Crippen LogP contribution in [0.5, 0.6) is 0 Å². The number of carbonyl (C=O) groups excluding carboxylic acids is 1. The molecule has 5 heteroatoms. The quantitative estimate of drug-likeness (QED) is 0.851. The van der Waals surface area contributed by atoms with Gasteiger partial charge in [-0.25, -0.2) is 4.79 Å². The summed E-state index contributed by atoms with van der Waals surface area (Å²) in [7, 11) is 2.21. The van der Waals surface area contributed by atoms with E-state index in [-0.39, 0.29) is 12.1 Å². The largest absolute Gasteiger partial charge is 0.444 e. The summed E-state index contributed by atoms with van der Waals surface area (Å²) in [6.07, 6.45) is 5.56. The Kier molecular flexibility index (Phi) is 6.09. The summed E-state index contributed by atoms with van der Waals surface area (Å²) in [6, 6.07) is 0.870. The number of rotatable bonds is 2. The Hall–Kier alpha value is -0.810. The van der Waals surface area contributed by atoms with E-state index < -0.39 is 5.60 Å². The molecule has 0 spiro atoms. The van der Waals surface area contributed by atoms with Crippen LogP contribution < -0.4 is 5.32 Å². The molecule has 0 radical (unpaired) electrons. The maximum absolute atomic E-state index is 12.0. The van der Waals surface area contributed by atoms with E-state index in [9.17, 15) is 4.79 Å². The highest BCUT2D eigenvalue weighted by Gasteiger charge is 2.29. The minimum absolute atomic E-state index is 0.259. The summed E-state index contributed by atoms with van der Waals surface area (Å²) in [5.41, 5.74) is -0.423. The minimum atomic E-state index is -0.423. The van der Waals surface area contributed by atoms with Crippen LogP contribution in [0.4, 0.5) is 4.79 Å². The van der Waals surface area contributed by atoms with E-state index in [2.05, 4.69) is 22.2 Å². The van der Waals surface area contributed by atoms with Crippen LogP contribution in [0, 0.1) is 0 Å². The number of likely N-dealkylation sites (N-methyl/N-ethyl adjacent to an activating group) is 1. The Labute approximate surface area is 135 Å².